The number of methoxy groups -OCH3 is 1. The van der Waals surface area contributed by atoms with Crippen molar-refractivity contribution in [3.05, 3.63) is 28.8 Å². The van der Waals surface area contributed by atoms with Crippen molar-refractivity contribution in [2.24, 2.45) is 5.92 Å². The molecule has 1 aliphatic carbocycles. The second kappa shape index (κ2) is 6.42. The number of benzene rings is 1. The molecule has 0 saturated heterocycles. The van der Waals surface area contributed by atoms with E-state index in [1.54, 1.807) is 7.11 Å². The Hall–Kier alpha value is -1.02. The van der Waals surface area contributed by atoms with E-state index in [1.807, 2.05) is 0 Å². The standard InChI is InChI=1S/C17H27NO/c1-5-10-18-15-11-12(2)6-8-14-16(19-4)9-7-13(3)17(14)15/h7,9,12,15,18H,5-6,8,10-11H2,1-4H3. The molecule has 2 unspecified atom stereocenters. The van der Waals surface area contributed by atoms with Gasteiger partial charge in [-0.05, 0) is 67.8 Å². The molecule has 2 rings (SSSR count). The Bertz CT molecular complexity index is 428. The molecule has 1 aromatic rings. The van der Waals surface area contributed by atoms with Crippen LogP contribution in [-0.2, 0) is 6.42 Å². The summed E-state index contributed by atoms with van der Waals surface area (Å²) < 4.78 is 5.58. The summed E-state index contributed by atoms with van der Waals surface area (Å²) in [7, 11) is 1.79. The normalized spacial score (nSPS) is 22.7. The van der Waals surface area contributed by atoms with Gasteiger partial charge in [-0.15, -0.1) is 0 Å². The first-order valence-corrected chi connectivity index (χ1v) is 7.57. The van der Waals surface area contributed by atoms with Gasteiger partial charge in [-0.3, -0.25) is 0 Å². The lowest BCUT2D eigenvalue weighted by Crippen LogP contribution is -2.24. The summed E-state index contributed by atoms with van der Waals surface area (Å²) in [5, 5.41) is 3.73. The first-order chi connectivity index (χ1) is 9.17. The summed E-state index contributed by atoms with van der Waals surface area (Å²) in [6, 6.07) is 4.82. The van der Waals surface area contributed by atoms with Crippen molar-refractivity contribution >= 4 is 0 Å². The molecule has 1 N–H and O–H groups in total. The molecule has 0 aliphatic heterocycles. The first-order valence-electron chi connectivity index (χ1n) is 7.57. The lowest BCUT2D eigenvalue weighted by Gasteiger charge is -2.24. The molecule has 0 bridgehead atoms. The highest BCUT2D eigenvalue weighted by Crippen LogP contribution is 2.38. The number of hydrogen-bond donors (Lipinski definition) is 1. The van der Waals surface area contributed by atoms with E-state index in [1.165, 1.54) is 36.0 Å². The smallest absolute Gasteiger partial charge is 0.122 e. The lowest BCUT2D eigenvalue weighted by molar-refractivity contribution is 0.407. The molecule has 2 atom stereocenters. The third-order valence-corrected chi connectivity index (χ3v) is 4.27. The molecule has 2 nitrogen and oxygen atoms in total. The van der Waals surface area contributed by atoms with E-state index in [2.05, 4.69) is 38.2 Å². The molecule has 2 heteroatoms. The fourth-order valence-electron chi connectivity index (χ4n) is 3.23. The predicted octanol–water partition coefficient (Wildman–Crippen LogP) is 4.02. The number of aryl methyl sites for hydroxylation is 1. The van der Waals surface area contributed by atoms with Crippen LogP contribution in [0.5, 0.6) is 5.75 Å². The van der Waals surface area contributed by atoms with Crippen LogP contribution in [0.2, 0.25) is 0 Å². The van der Waals surface area contributed by atoms with Crippen LogP contribution in [0.3, 0.4) is 0 Å². The zero-order chi connectivity index (χ0) is 13.8. The van der Waals surface area contributed by atoms with Gasteiger partial charge < -0.3 is 10.1 Å². The van der Waals surface area contributed by atoms with E-state index < -0.39 is 0 Å². The zero-order valence-corrected chi connectivity index (χ0v) is 12.8. The summed E-state index contributed by atoms with van der Waals surface area (Å²) in [4.78, 5) is 0. The van der Waals surface area contributed by atoms with Crippen LogP contribution in [-0.4, -0.2) is 13.7 Å². The first kappa shape index (κ1) is 14.4. The average molecular weight is 261 g/mol. The minimum atomic E-state index is 0.488. The van der Waals surface area contributed by atoms with Crippen molar-refractivity contribution in [2.75, 3.05) is 13.7 Å². The summed E-state index contributed by atoms with van der Waals surface area (Å²) in [6.07, 6.45) is 4.83. The van der Waals surface area contributed by atoms with Crippen molar-refractivity contribution in [1.29, 1.82) is 0 Å². The fraction of sp³-hybridized carbons (Fsp3) is 0.647. The summed E-state index contributed by atoms with van der Waals surface area (Å²) in [5.74, 6) is 1.84. The Labute approximate surface area is 117 Å². The minimum absolute atomic E-state index is 0.488. The maximum absolute atomic E-state index is 5.58. The van der Waals surface area contributed by atoms with Gasteiger partial charge in [0.25, 0.3) is 0 Å². The van der Waals surface area contributed by atoms with Gasteiger partial charge in [0, 0.05) is 6.04 Å². The maximum atomic E-state index is 5.58. The quantitative estimate of drug-likeness (QED) is 0.827. The van der Waals surface area contributed by atoms with Gasteiger partial charge in [0.15, 0.2) is 0 Å². The van der Waals surface area contributed by atoms with E-state index in [0.29, 0.717) is 6.04 Å². The van der Waals surface area contributed by atoms with Crippen LogP contribution in [0.15, 0.2) is 12.1 Å². The fourth-order valence-corrected chi connectivity index (χ4v) is 3.23. The van der Waals surface area contributed by atoms with Crippen molar-refractivity contribution in [2.45, 2.75) is 52.5 Å². The van der Waals surface area contributed by atoms with E-state index in [9.17, 15) is 0 Å². The largest absolute Gasteiger partial charge is 0.496 e. The van der Waals surface area contributed by atoms with Gasteiger partial charge in [-0.25, -0.2) is 0 Å². The summed E-state index contributed by atoms with van der Waals surface area (Å²) >= 11 is 0. The highest BCUT2D eigenvalue weighted by molar-refractivity contribution is 5.47. The maximum Gasteiger partial charge on any atom is 0.122 e. The minimum Gasteiger partial charge on any atom is -0.496 e. The van der Waals surface area contributed by atoms with Crippen LogP contribution in [0.25, 0.3) is 0 Å². The molecule has 0 saturated carbocycles. The van der Waals surface area contributed by atoms with E-state index in [0.717, 1.165) is 24.6 Å². The third-order valence-electron chi connectivity index (χ3n) is 4.27. The average Bonchev–Trinajstić information content (AvgIpc) is 2.57. The molecule has 1 aromatic carbocycles. The van der Waals surface area contributed by atoms with Crippen molar-refractivity contribution in [1.82, 2.24) is 5.32 Å². The number of rotatable bonds is 4. The Morgan fingerprint density at radius 3 is 2.84 bits per heavy atom. The third kappa shape index (κ3) is 3.11. The van der Waals surface area contributed by atoms with Gasteiger partial charge >= 0.3 is 0 Å². The van der Waals surface area contributed by atoms with Crippen molar-refractivity contribution < 1.29 is 4.74 Å². The molecule has 0 spiro atoms. The van der Waals surface area contributed by atoms with Crippen LogP contribution < -0.4 is 10.1 Å². The molecular weight excluding hydrogens is 234 g/mol. The Kier molecular flexibility index (Phi) is 4.87. The predicted molar refractivity (Wildman–Crippen MR) is 80.9 cm³/mol. The SMILES string of the molecule is CCCNC1CC(C)CCc2c(OC)ccc(C)c21. The lowest BCUT2D eigenvalue weighted by atomic mass is 9.92. The van der Waals surface area contributed by atoms with Gasteiger partial charge in [0.2, 0.25) is 0 Å². The monoisotopic (exact) mass is 261 g/mol. The van der Waals surface area contributed by atoms with Crippen molar-refractivity contribution in [3.63, 3.8) is 0 Å². The number of nitrogens with one attached hydrogen (secondary N) is 1. The van der Waals surface area contributed by atoms with Crippen LogP contribution >= 0.6 is 0 Å². The molecule has 0 fully saturated rings. The summed E-state index contributed by atoms with van der Waals surface area (Å²) in [6.45, 7) is 7.92. The molecule has 19 heavy (non-hydrogen) atoms. The van der Waals surface area contributed by atoms with Gasteiger partial charge in [0.1, 0.15) is 5.75 Å². The number of fused-ring (bicyclic) bond motifs is 1. The molecule has 1 aliphatic rings. The van der Waals surface area contributed by atoms with Crippen LogP contribution in [0.1, 0.15) is 55.8 Å². The van der Waals surface area contributed by atoms with Crippen molar-refractivity contribution in [3.8, 4) is 5.75 Å². The van der Waals surface area contributed by atoms with Gasteiger partial charge in [-0.1, -0.05) is 19.9 Å². The molecule has 106 valence electrons. The molecular formula is C17H27NO. The summed E-state index contributed by atoms with van der Waals surface area (Å²) in [5.41, 5.74) is 4.33. The second-order valence-corrected chi connectivity index (χ2v) is 5.86. The second-order valence-electron chi connectivity index (χ2n) is 5.86. The Balaban J connectivity index is 2.42. The topological polar surface area (TPSA) is 21.3 Å². The zero-order valence-electron chi connectivity index (χ0n) is 12.8. The molecule has 0 amide bonds. The van der Waals surface area contributed by atoms with Crippen LogP contribution in [0, 0.1) is 12.8 Å². The number of ether oxygens (including phenoxy) is 1. The molecule has 0 aromatic heterocycles. The van der Waals surface area contributed by atoms with E-state index in [4.69, 9.17) is 4.74 Å². The molecule has 0 radical (unpaired) electrons. The Morgan fingerprint density at radius 2 is 2.16 bits per heavy atom. The van der Waals surface area contributed by atoms with Gasteiger partial charge in [-0.2, -0.15) is 0 Å². The number of hydrogen-bond acceptors (Lipinski definition) is 2. The van der Waals surface area contributed by atoms with E-state index in [-0.39, 0.29) is 0 Å². The Morgan fingerprint density at radius 1 is 1.37 bits per heavy atom. The van der Waals surface area contributed by atoms with Crippen LogP contribution in [0.4, 0.5) is 0 Å². The highest BCUT2D eigenvalue weighted by Gasteiger charge is 2.25. The van der Waals surface area contributed by atoms with Gasteiger partial charge in [0.05, 0.1) is 7.11 Å². The molecule has 0 heterocycles. The highest BCUT2D eigenvalue weighted by atomic mass is 16.5. The van der Waals surface area contributed by atoms with E-state index >= 15 is 0 Å².